The quantitative estimate of drug-likeness (QED) is 0.610. The summed E-state index contributed by atoms with van der Waals surface area (Å²) in [7, 11) is 0. The van der Waals surface area contributed by atoms with E-state index in [2.05, 4.69) is 29.2 Å². The van der Waals surface area contributed by atoms with Gasteiger partial charge in [-0.1, -0.05) is 36.4 Å². The average Bonchev–Trinajstić information content (AvgIpc) is 3.28. The van der Waals surface area contributed by atoms with Crippen LogP contribution in [0.3, 0.4) is 0 Å². The van der Waals surface area contributed by atoms with Gasteiger partial charge < -0.3 is 9.32 Å². The largest absolute Gasteiger partial charge is 0.459 e. The second kappa shape index (κ2) is 8.62. The SMILES string of the molecule is Cc1ccc(N(C(=O)c2ccco2)C2CCN(Cc3ccccc3)CC2)cc1F. The van der Waals surface area contributed by atoms with E-state index in [1.165, 1.54) is 17.9 Å². The summed E-state index contributed by atoms with van der Waals surface area (Å²) in [6.45, 7) is 4.39. The summed E-state index contributed by atoms with van der Waals surface area (Å²) in [6, 6.07) is 18.7. The molecule has 0 aliphatic carbocycles. The third kappa shape index (κ3) is 4.40. The number of piperidine rings is 1. The molecule has 1 aliphatic heterocycles. The van der Waals surface area contributed by atoms with Crippen molar-refractivity contribution in [3.05, 3.63) is 89.6 Å². The number of halogens is 1. The molecule has 5 heteroatoms. The van der Waals surface area contributed by atoms with Crippen LogP contribution in [0.25, 0.3) is 0 Å². The Labute approximate surface area is 170 Å². The first-order valence-electron chi connectivity index (χ1n) is 10.0. The summed E-state index contributed by atoms with van der Waals surface area (Å²) in [4.78, 5) is 17.3. The highest BCUT2D eigenvalue weighted by Crippen LogP contribution is 2.28. The normalized spacial score (nSPS) is 15.4. The van der Waals surface area contributed by atoms with Gasteiger partial charge in [0.25, 0.3) is 5.91 Å². The molecule has 2 aromatic carbocycles. The molecule has 1 aliphatic rings. The number of furan rings is 1. The van der Waals surface area contributed by atoms with Crippen molar-refractivity contribution in [1.29, 1.82) is 0 Å². The number of nitrogens with zero attached hydrogens (tertiary/aromatic N) is 2. The number of carbonyl (C=O) groups is 1. The van der Waals surface area contributed by atoms with Crippen LogP contribution in [0, 0.1) is 12.7 Å². The van der Waals surface area contributed by atoms with Crippen LogP contribution < -0.4 is 4.90 Å². The van der Waals surface area contributed by atoms with Gasteiger partial charge in [-0.15, -0.1) is 0 Å². The van der Waals surface area contributed by atoms with Crippen molar-refractivity contribution >= 4 is 11.6 Å². The molecule has 0 bridgehead atoms. The van der Waals surface area contributed by atoms with Crippen LogP contribution in [0.15, 0.2) is 71.3 Å². The average molecular weight is 392 g/mol. The van der Waals surface area contributed by atoms with Gasteiger partial charge in [-0.3, -0.25) is 9.69 Å². The van der Waals surface area contributed by atoms with E-state index in [1.807, 2.05) is 12.1 Å². The van der Waals surface area contributed by atoms with Crippen molar-refractivity contribution in [2.45, 2.75) is 32.4 Å². The molecular weight excluding hydrogens is 367 g/mol. The fraction of sp³-hybridized carbons (Fsp3) is 0.292. The first-order valence-corrected chi connectivity index (χ1v) is 10.0. The number of benzene rings is 2. The molecule has 4 rings (SSSR count). The molecule has 1 aromatic heterocycles. The second-order valence-corrected chi connectivity index (χ2v) is 7.58. The maximum Gasteiger partial charge on any atom is 0.294 e. The Morgan fingerprint density at radius 2 is 1.86 bits per heavy atom. The van der Waals surface area contributed by atoms with Crippen molar-refractivity contribution < 1.29 is 13.6 Å². The molecule has 0 radical (unpaired) electrons. The third-order valence-electron chi connectivity index (χ3n) is 5.56. The first kappa shape index (κ1) is 19.4. The predicted octanol–water partition coefficient (Wildman–Crippen LogP) is 5.04. The fourth-order valence-corrected chi connectivity index (χ4v) is 3.92. The van der Waals surface area contributed by atoms with E-state index in [-0.39, 0.29) is 23.5 Å². The van der Waals surface area contributed by atoms with Gasteiger partial charge in [-0.05, 0) is 55.2 Å². The standard InChI is InChI=1S/C24H25FN2O2/c1-18-9-10-21(16-22(18)25)27(24(28)23-8-5-15-29-23)20-11-13-26(14-12-20)17-19-6-3-2-4-7-19/h2-10,15-16,20H,11-14,17H2,1H3. The number of amides is 1. The third-order valence-corrected chi connectivity index (χ3v) is 5.56. The molecule has 4 nitrogen and oxygen atoms in total. The highest BCUT2D eigenvalue weighted by molar-refractivity contribution is 6.04. The van der Waals surface area contributed by atoms with Gasteiger partial charge in [0.1, 0.15) is 5.82 Å². The van der Waals surface area contributed by atoms with Crippen LogP contribution in [0.2, 0.25) is 0 Å². The zero-order valence-corrected chi connectivity index (χ0v) is 16.6. The van der Waals surface area contributed by atoms with E-state index in [4.69, 9.17) is 4.42 Å². The number of carbonyl (C=O) groups excluding carboxylic acids is 1. The molecule has 150 valence electrons. The van der Waals surface area contributed by atoms with E-state index < -0.39 is 0 Å². The van der Waals surface area contributed by atoms with Crippen molar-refractivity contribution in [3.8, 4) is 0 Å². The highest BCUT2D eigenvalue weighted by atomic mass is 19.1. The van der Waals surface area contributed by atoms with Crippen LogP contribution >= 0.6 is 0 Å². The summed E-state index contributed by atoms with van der Waals surface area (Å²) in [5.74, 6) is -0.251. The van der Waals surface area contributed by atoms with Crippen molar-refractivity contribution in [2.75, 3.05) is 18.0 Å². The molecule has 0 atom stereocenters. The molecule has 0 N–H and O–H groups in total. The van der Waals surface area contributed by atoms with Crippen LogP contribution in [0.5, 0.6) is 0 Å². The fourth-order valence-electron chi connectivity index (χ4n) is 3.92. The van der Waals surface area contributed by atoms with E-state index >= 15 is 0 Å². The minimum atomic E-state index is -0.304. The van der Waals surface area contributed by atoms with E-state index in [1.54, 1.807) is 30.0 Å². The zero-order chi connectivity index (χ0) is 20.2. The summed E-state index contributed by atoms with van der Waals surface area (Å²) < 4.78 is 19.6. The van der Waals surface area contributed by atoms with Gasteiger partial charge in [-0.2, -0.15) is 0 Å². The molecule has 1 saturated heterocycles. The number of likely N-dealkylation sites (tertiary alicyclic amines) is 1. The van der Waals surface area contributed by atoms with Gasteiger partial charge in [0.2, 0.25) is 0 Å². The molecule has 1 amide bonds. The molecule has 29 heavy (non-hydrogen) atoms. The minimum Gasteiger partial charge on any atom is -0.459 e. The van der Waals surface area contributed by atoms with Gasteiger partial charge in [0.15, 0.2) is 5.76 Å². The van der Waals surface area contributed by atoms with E-state index in [9.17, 15) is 9.18 Å². The van der Waals surface area contributed by atoms with Crippen LogP contribution in [-0.4, -0.2) is 29.9 Å². The zero-order valence-electron chi connectivity index (χ0n) is 16.6. The Hall–Kier alpha value is -2.92. The van der Waals surface area contributed by atoms with Gasteiger partial charge >= 0.3 is 0 Å². The van der Waals surface area contributed by atoms with E-state index in [0.717, 1.165) is 32.5 Å². The monoisotopic (exact) mass is 392 g/mol. The molecule has 0 spiro atoms. The van der Waals surface area contributed by atoms with Gasteiger partial charge in [-0.25, -0.2) is 4.39 Å². The number of rotatable bonds is 5. The summed E-state index contributed by atoms with van der Waals surface area (Å²) in [5, 5.41) is 0. The molecule has 1 fully saturated rings. The van der Waals surface area contributed by atoms with Gasteiger partial charge in [0, 0.05) is 31.4 Å². The highest BCUT2D eigenvalue weighted by Gasteiger charge is 2.31. The summed E-state index contributed by atoms with van der Waals surface area (Å²) in [5.41, 5.74) is 2.43. The summed E-state index contributed by atoms with van der Waals surface area (Å²) >= 11 is 0. The number of anilines is 1. The van der Waals surface area contributed by atoms with Crippen LogP contribution in [0.4, 0.5) is 10.1 Å². The maximum atomic E-state index is 14.2. The lowest BCUT2D eigenvalue weighted by Gasteiger charge is -2.38. The number of aryl methyl sites for hydroxylation is 1. The molecule has 0 saturated carbocycles. The lowest BCUT2D eigenvalue weighted by molar-refractivity contribution is 0.0931. The predicted molar refractivity (Wildman–Crippen MR) is 111 cm³/mol. The first-order chi connectivity index (χ1) is 14.1. The maximum absolute atomic E-state index is 14.2. The Morgan fingerprint density at radius 3 is 2.52 bits per heavy atom. The van der Waals surface area contributed by atoms with Crippen LogP contribution in [-0.2, 0) is 6.54 Å². The smallest absolute Gasteiger partial charge is 0.294 e. The number of hydrogen-bond acceptors (Lipinski definition) is 3. The van der Waals surface area contributed by atoms with Crippen molar-refractivity contribution in [3.63, 3.8) is 0 Å². The molecule has 3 aromatic rings. The molecular formula is C24H25FN2O2. The topological polar surface area (TPSA) is 36.7 Å². The van der Waals surface area contributed by atoms with Gasteiger partial charge in [0.05, 0.1) is 6.26 Å². The minimum absolute atomic E-state index is 0.00160. The Kier molecular flexibility index (Phi) is 5.76. The lowest BCUT2D eigenvalue weighted by atomic mass is 10.0. The van der Waals surface area contributed by atoms with E-state index in [0.29, 0.717) is 11.3 Å². The van der Waals surface area contributed by atoms with Crippen molar-refractivity contribution in [2.24, 2.45) is 0 Å². The Balaban J connectivity index is 1.52. The Morgan fingerprint density at radius 1 is 1.10 bits per heavy atom. The molecule has 2 heterocycles. The molecule has 0 unspecified atom stereocenters. The second-order valence-electron chi connectivity index (χ2n) is 7.58. The number of hydrogen-bond donors (Lipinski definition) is 0. The summed E-state index contributed by atoms with van der Waals surface area (Å²) in [6.07, 6.45) is 3.15. The van der Waals surface area contributed by atoms with Crippen LogP contribution in [0.1, 0.15) is 34.5 Å². The van der Waals surface area contributed by atoms with Crippen molar-refractivity contribution in [1.82, 2.24) is 4.90 Å². The Bertz CT molecular complexity index is 948. The lowest BCUT2D eigenvalue weighted by Crippen LogP contribution is -2.47.